The van der Waals surface area contributed by atoms with Gasteiger partial charge in [0.15, 0.2) is 5.75 Å². The molecular weight excluding hydrogens is 226 g/mol. The number of hydrogen-bond acceptors (Lipinski definition) is 3. The Labute approximate surface area is 107 Å². The summed E-state index contributed by atoms with van der Waals surface area (Å²) >= 11 is 0. The highest BCUT2D eigenvalue weighted by molar-refractivity contribution is 5.58. The van der Waals surface area contributed by atoms with Gasteiger partial charge < -0.3 is 15.6 Å². The van der Waals surface area contributed by atoms with Crippen molar-refractivity contribution in [3.05, 3.63) is 53.6 Å². The molecule has 94 valence electrons. The molecule has 3 heteroatoms. The van der Waals surface area contributed by atoms with E-state index in [2.05, 4.69) is 0 Å². The molecule has 0 heterocycles. The van der Waals surface area contributed by atoms with Gasteiger partial charge in [-0.2, -0.15) is 0 Å². The lowest BCUT2D eigenvalue weighted by molar-refractivity contribution is 0.195. The van der Waals surface area contributed by atoms with Crippen LogP contribution < -0.4 is 10.5 Å². The number of para-hydroxylation sites is 2. The fourth-order valence-corrected chi connectivity index (χ4v) is 1.84. The molecule has 2 rings (SSSR count). The lowest BCUT2D eigenvalue weighted by Crippen LogP contribution is -1.99. The summed E-state index contributed by atoms with van der Waals surface area (Å²) in [6, 6.07) is 13.0. The Kier molecular flexibility index (Phi) is 3.53. The number of benzene rings is 2. The molecule has 18 heavy (non-hydrogen) atoms. The van der Waals surface area contributed by atoms with E-state index in [1.54, 1.807) is 13.0 Å². The second kappa shape index (κ2) is 5.10. The first-order valence-electron chi connectivity index (χ1n) is 5.89. The van der Waals surface area contributed by atoms with Gasteiger partial charge in [-0.3, -0.25) is 0 Å². The third kappa shape index (κ3) is 2.46. The summed E-state index contributed by atoms with van der Waals surface area (Å²) in [6.45, 7) is 3.65. The van der Waals surface area contributed by atoms with Crippen LogP contribution in [0.2, 0.25) is 0 Å². The number of aliphatic hydroxyl groups is 1. The van der Waals surface area contributed by atoms with E-state index in [1.165, 1.54) is 0 Å². The summed E-state index contributed by atoms with van der Waals surface area (Å²) in [4.78, 5) is 0. The average Bonchev–Trinajstić information content (AvgIpc) is 2.34. The molecule has 2 aromatic carbocycles. The minimum absolute atomic E-state index is 0.577. The van der Waals surface area contributed by atoms with E-state index in [-0.39, 0.29) is 0 Å². The van der Waals surface area contributed by atoms with Crippen LogP contribution in [0.15, 0.2) is 42.5 Å². The number of ether oxygens (including phenoxy) is 1. The smallest absolute Gasteiger partial charge is 0.153 e. The average molecular weight is 243 g/mol. The number of nitrogens with two attached hydrogens (primary N) is 1. The Morgan fingerprint density at radius 2 is 1.83 bits per heavy atom. The SMILES string of the molecule is Cc1cccc(N)c1Oc1ccccc1C(C)O. The van der Waals surface area contributed by atoms with Gasteiger partial charge in [0.05, 0.1) is 11.8 Å². The Bertz CT molecular complexity index is 530. The fraction of sp³-hybridized carbons (Fsp3) is 0.200. The molecule has 0 amide bonds. The van der Waals surface area contributed by atoms with Crippen LogP contribution in [0.4, 0.5) is 5.69 Å². The predicted molar refractivity (Wildman–Crippen MR) is 72.7 cm³/mol. The fourth-order valence-electron chi connectivity index (χ4n) is 1.84. The van der Waals surface area contributed by atoms with Gasteiger partial charge >= 0.3 is 0 Å². The van der Waals surface area contributed by atoms with E-state index in [1.807, 2.05) is 43.3 Å². The van der Waals surface area contributed by atoms with Crippen molar-refractivity contribution in [2.45, 2.75) is 20.0 Å². The minimum atomic E-state index is -0.577. The van der Waals surface area contributed by atoms with Crippen LogP contribution in [0.25, 0.3) is 0 Å². The maximum Gasteiger partial charge on any atom is 0.153 e. The largest absolute Gasteiger partial charge is 0.455 e. The number of aliphatic hydroxyl groups excluding tert-OH is 1. The summed E-state index contributed by atoms with van der Waals surface area (Å²) in [7, 11) is 0. The van der Waals surface area contributed by atoms with Crippen LogP contribution in [0.3, 0.4) is 0 Å². The third-order valence-electron chi connectivity index (χ3n) is 2.82. The first-order chi connectivity index (χ1) is 8.59. The molecular formula is C15H17NO2. The number of nitrogen functional groups attached to an aromatic ring is 1. The first kappa shape index (κ1) is 12.5. The summed E-state index contributed by atoms with van der Waals surface area (Å²) in [5.74, 6) is 1.28. The second-order valence-electron chi connectivity index (χ2n) is 4.31. The van der Waals surface area contributed by atoms with Crippen molar-refractivity contribution in [3.63, 3.8) is 0 Å². The molecule has 0 spiro atoms. The van der Waals surface area contributed by atoms with E-state index in [0.717, 1.165) is 11.1 Å². The molecule has 1 atom stereocenters. The van der Waals surface area contributed by atoms with Crippen LogP contribution in [-0.2, 0) is 0 Å². The molecule has 0 aromatic heterocycles. The van der Waals surface area contributed by atoms with E-state index in [9.17, 15) is 5.11 Å². The summed E-state index contributed by atoms with van der Waals surface area (Å²) in [6.07, 6.45) is -0.577. The van der Waals surface area contributed by atoms with Gasteiger partial charge in [-0.05, 0) is 31.5 Å². The van der Waals surface area contributed by atoms with E-state index < -0.39 is 6.10 Å². The van der Waals surface area contributed by atoms with Crippen molar-refractivity contribution >= 4 is 5.69 Å². The van der Waals surface area contributed by atoms with Crippen LogP contribution in [0.5, 0.6) is 11.5 Å². The number of rotatable bonds is 3. The van der Waals surface area contributed by atoms with E-state index in [4.69, 9.17) is 10.5 Å². The van der Waals surface area contributed by atoms with Crippen LogP contribution in [0, 0.1) is 6.92 Å². The Morgan fingerprint density at radius 3 is 2.50 bits per heavy atom. The van der Waals surface area contributed by atoms with Crippen molar-refractivity contribution in [3.8, 4) is 11.5 Å². The van der Waals surface area contributed by atoms with Gasteiger partial charge in [0, 0.05) is 5.56 Å². The van der Waals surface area contributed by atoms with E-state index in [0.29, 0.717) is 17.2 Å². The lowest BCUT2D eigenvalue weighted by atomic mass is 10.1. The normalized spacial score (nSPS) is 12.2. The van der Waals surface area contributed by atoms with Gasteiger partial charge in [0.1, 0.15) is 5.75 Å². The van der Waals surface area contributed by atoms with Gasteiger partial charge in [0.25, 0.3) is 0 Å². The summed E-state index contributed by atoms with van der Waals surface area (Å²) in [5, 5.41) is 9.71. The highest BCUT2D eigenvalue weighted by Crippen LogP contribution is 2.34. The molecule has 0 aliphatic carbocycles. The van der Waals surface area contributed by atoms with Crippen molar-refractivity contribution < 1.29 is 9.84 Å². The number of aryl methyl sites for hydroxylation is 1. The number of hydrogen-bond donors (Lipinski definition) is 2. The molecule has 0 radical (unpaired) electrons. The summed E-state index contributed by atoms with van der Waals surface area (Å²) < 4.78 is 5.85. The lowest BCUT2D eigenvalue weighted by Gasteiger charge is -2.15. The zero-order valence-electron chi connectivity index (χ0n) is 10.6. The van der Waals surface area contributed by atoms with Crippen molar-refractivity contribution in [1.82, 2.24) is 0 Å². The van der Waals surface area contributed by atoms with E-state index >= 15 is 0 Å². The zero-order valence-corrected chi connectivity index (χ0v) is 10.6. The van der Waals surface area contributed by atoms with Gasteiger partial charge in [0.2, 0.25) is 0 Å². The molecule has 0 saturated heterocycles. The monoisotopic (exact) mass is 243 g/mol. The van der Waals surface area contributed by atoms with Gasteiger partial charge in [-0.15, -0.1) is 0 Å². The topological polar surface area (TPSA) is 55.5 Å². The molecule has 2 aromatic rings. The van der Waals surface area contributed by atoms with Crippen LogP contribution >= 0.6 is 0 Å². The second-order valence-corrected chi connectivity index (χ2v) is 4.31. The third-order valence-corrected chi connectivity index (χ3v) is 2.82. The molecule has 0 saturated carbocycles. The van der Waals surface area contributed by atoms with Gasteiger partial charge in [-0.25, -0.2) is 0 Å². The van der Waals surface area contributed by atoms with Gasteiger partial charge in [-0.1, -0.05) is 30.3 Å². The van der Waals surface area contributed by atoms with Crippen molar-refractivity contribution in [2.24, 2.45) is 0 Å². The predicted octanol–water partition coefficient (Wildman–Crippen LogP) is 3.42. The Morgan fingerprint density at radius 1 is 1.11 bits per heavy atom. The number of anilines is 1. The minimum Gasteiger partial charge on any atom is -0.455 e. The van der Waals surface area contributed by atoms with Crippen molar-refractivity contribution in [1.29, 1.82) is 0 Å². The Balaban J connectivity index is 2.40. The molecule has 1 unspecified atom stereocenters. The quantitative estimate of drug-likeness (QED) is 0.812. The first-order valence-corrected chi connectivity index (χ1v) is 5.89. The summed E-state index contributed by atoms with van der Waals surface area (Å²) in [5.41, 5.74) is 8.22. The zero-order chi connectivity index (χ0) is 13.1. The van der Waals surface area contributed by atoms with Crippen molar-refractivity contribution in [2.75, 3.05) is 5.73 Å². The molecule has 3 nitrogen and oxygen atoms in total. The van der Waals surface area contributed by atoms with Crippen LogP contribution in [0.1, 0.15) is 24.2 Å². The Hall–Kier alpha value is -2.00. The highest BCUT2D eigenvalue weighted by Gasteiger charge is 2.11. The molecule has 0 bridgehead atoms. The molecule has 0 aliphatic rings. The molecule has 3 N–H and O–H groups in total. The standard InChI is InChI=1S/C15H17NO2/c1-10-6-5-8-13(16)15(10)18-14-9-4-3-7-12(14)11(2)17/h3-9,11,17H,16H2,1-2H3. The van der Waals surface area contributed by atoms with Crippen LogP contribution in [-0.4, -0.2) is 5.11 Å². The maximum absolute atomic E-state index is 9.71. The molecule has 0 fully saturated rings. The highest BCUT2D eigenvalue weighted by atomic mass is 16.5. The maximum atomic E-state index is 9.71. The molecule has 0 aliphatic heterocycles.